The van der Waals surface area contributed by atoms with Crippen LogP contribution in [0.1, 0.15) is 16.1 Å². The number of amides is 1. The number of sulfone groups is 1. The van der Waals surface area contributed by atoms with Crippen LogP contribution in [0.4, 0.5) is 0 Å². The number of carbonyl (C=O) groups excluding carboxylic acids is 1. The fourth-order valence-electron chi connectivity index (χ4n) is 2.09. The Labute approximate surface area is 139 Å². The zero-order valence-electron chi connectivity index (χ0n) is 12.9. The minimum Gasteiger partial charge on any atom is -0.481 e. The number of hydrogen-bond acceptors (Lipinski definition) is 5. The molecule has 0 saturated heterocycles. The van der Waals surface area contributed by atoms with Gasteiger partial charge in [0.25, 0.3) is 5.91 Å². The van der Waals surface area contributed by atoms with Crippen molar-refractivity contribution in [3.63, 3.8) is 0 Å². The van der Waals surface area contributed by atoms with Crippen molar-refractivity contribution in [3.05, 3.63) is 53.8 Å². The van der Waals surface area contributed by atoms with Crippen molar-refractivity contribution in [1.29, 1.82) is 0 Å². The van der Waals surface area contributed by atoms with E-state index in [4.69, 9.17) is 4.42 Å². The molecule has 0 aliphatic heterocycles. The van der Waals surface area contributed by atoms with Crippen LogP contribution in [0, 0.1) is 5.92 Å². The maximum atomic E-state index is 12.0. The molecule has 1 unspecified atom stereocenters. The molecule has 7 nitrogen and oxygen atoms in total. The maximum Gasteiger partial charge on any atom is 0.308 e. The van der Waals surface area contributed by atoms with Gasteiger partial charge in [-0.3, -0.25) is 9.59 Å². The van der Waals surface area contributed by atoms with Crippen molar-refractivity contribution < 1.29 is 27.5 Å². The van der Waals surface area contributed by atoms with E-state index in [2.05, 4.69) is 5.32 Å². The van der Waals surface area contributed by atoms with E-state index in [9.17, 15) is 23.1 Å². The highest BCUT2D eigenvalue weighted by atomic mass is 32.2. The summed E-state index contributed by atoms with van der Waals surface area (Å²) in [6.07, 6.45) is 1.23. The average molecular weight is 351 g/mol. The molecule has 0 radical (unpaired) electrons. The molecule has 0 spiro atoms. The van der Waals surface area contributed by atoms with Crippen molar-refractivity contribution >= 4 is 21.7 Å². The Morgan fingerprint density at radius 1 is 1.17 bits per heavy atom. The summed E-state index contributed by atoms with van der Waals surface area (Å²) in [6.45, 7) is -0.0992. The highest BCUT2D eigenvalue weighted by Crippen LogP contribution is 2.14. The first-order chi connectivity index (χ1) is 11.3. The second-order valence-corrected chi connectivity index (χ2v) is 7.27. The van der Waals surface area contributed by atoms with Crippen molar-refractivity contribution in [1.82, 2.24) is 5.32 Å². The lowest BCUT2D eigenvalue weighted by Gasteiger charge is -2.13. The van der Waals surface area contributed by atoms with Crippen LogP contribution in [0.2, 0.25) is 0 Å². The highest BCUT2D eigenvalue weighted by Gasteiger charge is 2.21. The number of aliphatic carboxylic acids is 1. The molecule has 8 heteroatoms. The maximum absolute atomic E-state index is 12.0. The number of nitrogens with one attached hydrogen (secondary N) is 1. The van der Waals surface area contributed by atoms with Gasteiger partial charge in [-0.25, -0.2) is 8.42 Å². The van der Waals surface area contributed by atoms with E-state index in [1.807, 2.05) is 30.3 Å². The first-order valence-corrected chi connectivity index (χ1v) is 9.01. The molecule has 2 rings (SSSR count). The summed E-state index contributed by atoms with van der Waals surface area (Å²) < 4.78 is 27.6. The number of carbonyl (C=O) groups is 2. The molecule has 2 N–H and O–H groups in total. The molecule has 0 saturated carbocycles. The van der Waals surface area contributed by atoms with E-state index in [1.54, 1.807) is 0 Å². The predicted molar refractivity (Wildman–Crippen MR) is 85.4 cm³/mol. The Kier molecular flexibility index (Phi) is 5.40. The Morgan fingerprint density at radius 2 is 1.83 bits per heavy atom. The van der Waals surface area contributed by atoms with E-state index < -0.39 is 27.6 Å². The van der Waals surface area contributed by atoms with Crippen LogP contribution < -0.4 is 5.32 Å². The summed E-state index contributed by atoms with van der Waals surface area (Å²) in [5, 5.41) is 11.4. The Bertz CT molecular complexity index is 825. The van der Waals surface area contributed by atoms with Gasteiger partial charge in [0.1, 0.15) is 0 Å². The van der Waals surface area contributed by atoms with E-state index >= 15 is 0 Å². The minimum atomic E-state index is -3.54. The lowest BCUT2D eigenvalue weighted by atomic mass is 9.99. The van der Waals surface area contributed by atoms with Gasteiger partial charge in [-0.05, 0) is 24.1 Å². The quantitative estimate of drug-likeness (QED) is 0.778. The van der Waals surface area contributed by atoms with Gasteiger partial charge < -0.3 is 14.8 Å². The molecule has 0 fully saturated rings. The van der Waals surface area contributed by atoms with Crippen LogP contribution in [-0.4, -0.2) is 38.2 Å². The van der Waals surface area contributed by atoms with Crippen LogP contribution in [-0.2, 0) is 21.1 Å². The van der Waals surface area contributed by atoms with Crippen LogP contribution in [0.25, 0.3) is 0 Å². The number of furan rings is 1. The Hall–Kier alpha value is -2.61. The smallest absolute Gasteiger partial charge is 0.308 e. The molecule has 128 valence electrons. The normalized spacial score (nSPS) is 12.5. The van der Waals surface area contributed by atoms with Crippen LogP contribution in [0.15, 0.2) is 52.0 Å². The van der Waals surface area contributed by atoms with Gasteiger partial charge in [-0.15, -0.1) is 0 Å². The van der Waals surface area contributed by atoms with Crippen molar-refractivity contribution in [2.45, 2.75) is 11.5 Å². The highest BCUT2D eigenvalue weighted by molar-refractivity contribution is 7.90. The molecule has 1 atom stereocenters. The number of carboxylic acids is 1. The predicted octanol–water partition coefficient (Wildman–Crippen LogP) is 1.36. The molecule has 1 aromatic heterocycles. The lowest BCUT2D eigenvalue weighted by molar-refractivity contribution is -0.141. The van der Waals surface area contributed by atoms with E-state index in [-0.39, 0.29) is 23.8 Å². The van der Waals surface area contributed by atoms with Crippen LogP contribution in [0.3, 0.4) is 0 Å². The molecule has 0 aliphatic carbocycles. The molecule has 24 heavy (non-hydrogen) atoms. The standard InChI is InChI=1S/C16H17NO6S/c1-24(21,22)14-8-7-13(23-14)15(18)17-10-12(16(19)20)9-11-5-3-2-4-6-11/h2-8,12H,9-10H2,1H3,(H,17,18)(H,19,20). The molecular weight excluding hydrogens is 334 g/mol. The fraction of sp³-hybridized carbons (Fsp3) is 0.250. The average Bonchev–Trinajstić information content (AvgIpc) is 3.02. The summed E-state index contributed by atoms with van der Waals surface area (Å²) in [5.41, 5.74) is 0.844. The van der Waals surface area contributed by atoms with Gasteiger partial charge in [-0.1, -0.05) is 30.3 Å². The third-order valence-corrected chi connectivity index (χ3v) is 4.30. The van der Waals surface area contributed by atoms with Crippen LogP contribution >= 0.6 is 0 Å². The van der Waals surface area contributed by atoms with Gasteiger partial charge in [0.2, 0.25) is 14.9 Å². The van der Waals surface area contributed by atoms with Gasteiger partial charge >= 0.3 is 5.97 Å². The van der Waals surface area contributed by atoms with Crippen molar-refractivity contribution in [3.8, 4) is 0 Å². The number of hydrogen-bond donors (Lipinski definition) is 2. The number of carboxylic acid groups (broad SMARTS) is 1. The second-order valence-electron chi connectivity index (χ2n) is 5.33. The van der Waals surface area contributed by atoms with Crippen molar-refractivity contribution in [2.24, 2.45) is 5.92 Å². The molecule has 0 aliphatic rings. The lowest BCUT2D eigenvalue weighted by Crippen LogP contribution is -2.33. The summed E-state index contributed by atoms with van der Waals surface area (Å²) in [7, 11) is -3.54. The van der Waals surface area contributed by atoms with E-state index in [0.29, 0.717) is 0 Å². The second kappa shape index (κ2) is 7.31. The van der Waals surface area contributed by atoms with Crippen LogP contribution in [0.5, 0.6) is 0 Å². The Balaban J connectivity index is 2.00. The number of rotatable bonds is 7. The SMILES string of the molecule is CS(=O)(=O)c1ccc(C(=O)NCC(Cc2ccccc2)C(=O)O)o1. The topological polar surface area (TPSA) is 114 Å². The molecule has 2 aromatic rings. The van der Waals surface area contributed by atoms with Gasteiger partial charge in [0.15, 0.2) is 5.76 Å². The van der Waals surface area contributed by atoms with Gasteiger partial charge in [0.05, 0.1) is 5.92 Å². The first kappa shape index (κ1) is 17.7. The van der Waals surface area contributed by atoms with E-state index in [0.717, 1.165) is 11.8 Å². The Morgan fingerprint density at radius 3 is 2.38 bits per heavy atom. The summed E-state index contributed by atoms with van der Waals surface area (Å²) in [4.78, 5) is 23.3. The monoisotopic (exact) mass is 351 g/mol. The summed E-state index contributed by atoms with van der Waals surface area (Å²) in [5.74, 6) is -2.68. The zero-order valence-corrected chi connectivity index (χ0v) is 13.7. The molecule has 1 heterocycles. The third-order valence-electron chi connectivity index (χ3n) is 3.35. The largest absolute Gasteiger partial charge is 0.481 e. The fourth-order valence-corrected chi connectivity index (χ4v) is 2.65. The van der Waals surface area contributed by atoms with Crippen molar-refractivity contribution in [2.75, 3.05) is 12.8 Å². The number of benzene rings is 1. The zero-order chi connectivity index (χ0) is 17.7. The summed E-state index contributed by atoms with van der Waals surface area (Å²) in [6, 6.07) is 11.5. The molecule has 1 aromatic carbocycles. The van der Waals surface area contributed by atoms with Gasteiger partial charge in [0, 0.05) is 12.8 Å². The molecule has 0 bridgehead atoms. The minimum absolute atomic E-state index is 0.0992. The molecular formula is C16H17NO6S. The molecule has 1 amide bonds. The van der Waals surface area contributed by atoms with E-state index in [1.165, 1.54) is 12.1 Å². The summed E-state index contributed by atoms with van der Waals surface area (Å²) >= 11 is 0. The van der Waals surface area contributed by atoms with Gasteiger partial charge in [-0.2, -0.15) is 0 Å². The third kappa shape index (κ3) is 4.69. The first-order valence-electron chi connectivity index (χ1n) is 7.12.